The molecule has 0 saturated heterocycles. The van der Waals surface area contributed by atoms with E-state index in [0.29, 0.717) is 0 Å². The first kappa shape index (κ1) is 8.09. The second-order valence-corrected chi connectivity index (χ2v) is 2.51. The summed E-state index contributed by atoms with van der Waals surface area (Å²) in [6, 6.07) is 0. The zero-order valence-corrected chi connectivity index (χ0v) is 6.04. The molecule has 1 heteroatoms. The van der Waals surface area contributed by atoms with Crippen molar-refractivity contribution < 1.29 is 0 Å². The number of allylic oxidation sites excluding steroid dienone is 1. The fraction of sp³-hybridized carbons (Fsp3) is 0.571. The molecule has 0 aromatic heterocycles. The van der Waals surface area contributed by atoms with E-state index in [-0.39, 0.29) is 0 Å². The van der Waals surface area contributed by atoms with Gasteiger partial charge in [0.25, 0.3) is 0 Å². The second kappa shape index (κ2) is 7.09. The molecule has 8 heavy (non-hydrogen) atoms. The van der Waals surface area contributed by atoms with Crippen molar-refractivity contribution in [3.05, 3.63) is 18.9 Å². The number of unbranched alkanes of at least 4 members (excludes halogenated alkanes) is 2. The molecule has 0 spiro atoms. The average molecular weight is 129 g/mol. The summed E-state index contributed by atoms with van der Waals surface area (Å²) in [6.07, 6.45) is 9.34. The Morgan fingerprint density at radius 3 is 2.62 bits per heavy atom. The van der Waals surface area contributed by atoms with Crippen molar-refractivity contribution in [3.63, 3.8) is 0 Å². The molecule has 0 nitrogen and oxygen atoms in total. The van der Waals surface area contributed by atoms with Gasteiger partial charge in [-0.05, 0) is 25.0 Å². The van der Waals surface area contributed by atoms with Crippen molar-refractivity contribution in [1.82, 2.24) is 0 Å². The van der Waals surface area contributed by atoms with Crippen molar-refractivity contribution in [3.8, 4) is 0 Å². The molecule has 0 fully saturated rings. The van der Waals surface area contributed by atoms with Crippen LogP contribution in [0.5, 0.6) is 0 Å². The maximum atomic E-state index is 3.67. The molecule has 0 atom stereocenters. The fourth-order valence-electron chi connectivity index (χ4n) is 0.493. The Balaban J connectivity index is 2.62. The Morgan fingerprint density at radius 2 is 2.12 bits per heavy atom. The predicted molar refractivity (Wildman–Crippen MR) is 41.9 cm³/mol. The van der Waals surface area contributed by atoms with Gasteiger partial charge in [0, 0.05) is 6.26 Å². The molecule has 0 aromatic rings. The summed E-state index contributed by atoms with van der Waals surface area (Å²) in [6.45, 7) is 3.64. The van der Waals surface area contributed by atoms with Crippen LogP contribution in [0.25, 0.3) is 0 Å². The summed E-state index contributed by atoms with van der Waals surface area (Å²) in [5, 5.41) is 0. The van der Waals surface area contributed by atoms with Gasteiger partial charge < -0.3 is 0 Å². The molecule has 0 aliphatic rings. The number of rotatable bonds is 5. The summed E-state index contributed by atoms with van der Waals surface area (Å²) in [5.74, 6) is 1.19. The highest BCUT2D eigenvalue weighted by Crippen LogP contribution is 2.02. The molecule has 0 aromatic carbocycles. The van der Waals surface area contributed by atoms with Crippen molar-refractivity contribution >= 4 is 11.8 Å². The molecule has 0 amide bonds. The average Bonchev–Trinajstić information content (AvgIpc) is 1.81. The normalized spacial score (nSPS) is 9.12. The highest BCUT2D eigenvalue weighted by molar-refractivity contribution is 8.00. The van der Waals surface area contributed by atoms with Crippen LogP contribution in [0.3, 0.4) is 0 Å². The second-order valence-electron chi connectivity index (χ2n) is 1.69. The Labute approximate surface area is 56.4 Å². The lowest BCUT2D eigenvalue weighted by Gasteiger charge is -1.91. The van der Waals surface area contributed by atoms with Crippen LogP contribution in [0.1, 0.15) is 19.3 Å². The van der Waals surface area contributed by atoms with Gasteiger partial charge in [0.05, 0.1) is 0 Å². The van der Waals surface area contributed by atoms with Crippen LogP contribution in [0, 0.1) is 6.26 Å². The zero-order valence-electron chi connectivity index (χ0n) is 5.23. The first-order valence-corrected chi connectivity index (χ1v) is 4.05. The lowest BCUT2D eigenvalue weighted by molar-refractivity contribution is 0.825. The predicted octanol–water partition coefficient (Wildman–Crippen LogP) is 2.87. The van der Waals surface area contributed by atoms with Crippen LogP contribution in [0.15, 0.2) is 12.7 Å². The minimum Gasteiger partial charge on any atom is -0.161 e. The van der Waals surface area contributed by atoms with Crippen molar-refractivity contribution in [2.75, 3.05) is 5.75 Å². The minimum absolute atomic E-state index is 1.15. The van der Waals surface area contributed by atoms with Crippen LogP contribution in [-0.4, -0.2) is 5.75 Å². The van der Waals surface area contributed by atoms with E-state index in [4.69, 9.17) is 0 Å². The van der Waals surface area contributed by atoms with Crippen LogP contribution in [0.2, 0.25) is 0 Å². The minimum atomic E-state index is 1.15. The molecular formula is C7H13S. The number of hydrogen-bond acceptors (Lipinski definition) is 1. The van der Waals surface area contributed by atoms with Gasteiger partial charge in [-0.15, -0.1) is 6.58 Å². The van der Waals surface area contributed by atoms with E-state index < -0.39 is 0 Å². The standard InChI is InChI=1S/C7H13S/c1-3-4-5-6-7-8-2/h3H,1-2,4-7H2. The van der Waals surface area contributed by atoms with E-state index in [0.717, 1.165) is 6.42 Å². The molecule has 0 heterocycles. The van der Waals surface area contributed by atoms with Gasteiger partial charge >= 0.3 is 0 Å². The van der Waals surface area contributed by atoms with E-state index in [1.165, 1.54) is 18.6 Å². The van der Waals surface area contributed by atoms with Gasteiger partial charge in [0.15, 0.2) is 0 Å². The summed E-state index contributed by atoms with van der Waals surface area (Å²) in [5.41, 5.74) is 0. The van der Waals surface area contributed by atoms with Crippen molar-refractivity contribution in [1.29, 1.82) is 0 Å². The molecule has 0 unspecified atom stereocenters. The summed E-state index contributed by atoms with van der Waals surface area (Å²) >= 11 is 1.67. The third-order valence-electron chi connectivity index (χ3n) is 0.947. The van der Waals surface area contributed by atoms with E-state index in [1.54, 1.807) is 11.8 Å². The maximum Gasteiger partial charge on any atom is 0.00235 e. The van der Waals surface area contributed by atoms with Crippen LogP contribution in [0.4, 0.5) is 0 Å². The number of hydrogen-bond donors (Lipinski definition) is 0. The number of thioether (sulfide) groups is 1. The molecule has 0 saturated carbocycles. The maximum absolute atomic E-state index is 3.67. The first-order valence-electron chi connectivity index (χ1n) is 2.89. The third kappa shape index (κ3) is 6.09. The molecule has 1 radical (unpaired) electrons. The fourth-order valence-corrected chi connectivity index (χ4v) is 0.901. The molecule has 0 aliphatic heterocycles. The van der Waals surface area contributed by atoms with Crippen molar-refractivity contribution in [2.45, 2.75) is 19.3 Å². The van der Waals surface area contributed by atoms with Gasteiger partial charge in [-0.3, -0.25) is 0 Å². The molecule has 47 valence electrons. The molecule has 0 aliphatic carbocycles. The summed E-state index contributed by atoms with van der Waals surface area (Å²) in [4.78, 5) is 0. The van der Waals surface area contributed by atoms with E-state index >= 15 is 0 Å². The third-order valence-corrected chi connectivity index (χ3v) is 1.52. The smallest absolute Gasteiger partial charge is 0.00235 e. The lowest BCUT2D eigenvalue weighted by atomic mass is 10.2. The SMILES string of the molecule is [CH2]SCCCCC=C. The zero-order chi connectivity index (χ0) is 6.24. The van der Waals surface area contributed by atoms with Crippen LogP contribution < -0.4 is 0 Å². The highest BCUT2D eigenvalue weighted by atomic mass is 32.2. The largest absolute Gasteiger partial charge is 0.161 e. The van der Waals surface area contributed by atoms with E-state index in [9.17, 15) is 0 Å². The summed E-state index contributed by atoms with van der Waals surface area (Å²) in [7, 11) is 0. The highest BCUT2D eigenvalue weighted by Gasteiger charge is 1.81. The van der Waals surface area contributed by atoms with E-state index in [1.807, 2.05) is 6.08 Å². The molecule has 0 rings (SSSR count). The summed E-state index contributed by atoms with van der Waals surface area (Å²) < 4.78 is 0. The van der Waals surface area contributed by atoms with E-state index in [2.05, 4.69) is 12.8 Å². The van der Waals surface area contributed by atoms with Gasteiger partial charge in [0.1, 0.15) is 0 Å². The Kier molecular flexibility index (Phi) is 7.17. The Morgan fingerprint density at radius 1 is 1.38 bits per heavy atom. The van der Waals surface area contributed by atoms with Gasteiger partial charge in [-0.2, -0.15) is 11.8 Å². The Hall–Kier alpha value is 0.0900. The topological polar surface area (TPSA) is 0 Å². The Bertz CT molecular complexity index is 50.3. The molecular weight excluding hydrogens is 116 g/mol. The van der Waals surface area contributed by atoms with Gasteiger partial charge in [-0.25, -0.2) is 0 Å². The molecule has 0 N–H and O–H groups in total. The quantitative estimate of drug-likeness (QED) is 0.406. The van der Waals surface area contributed by atoms with Crippen LogP contribution >= 0.6 is 11.8 Å². The first-order chi connectivity index (χ1) is 3.91. The monoisotopic (exact) mass is 129 g/mol. The van der Waals surface area contributed by atoms with Crippen LogP contribution in [-0.2, 0) is 0 Å². The van der Waals surface area contributed by atoms with Gasteiger partial charge in [-0.1, -0.05) is 6.08 Å². The van der Waals surface area contributed by atoms with Crippen molar-refractivity contribution in [2.24, 2.45) is 0 Å². The molecule has 0 bridgehead atoms. The van der Waals surface area contributed by atoms with Gasteiger partial charge in [0.2, 0.25) is 0 Å². The lowest BCUT2D eigenvalue weighted by Crippen LogP contribution is -1.75.